The van der Waals surface area contributed by atoms with Gasteiger partial charge in [-0.15, -0.1) is 0 Å². The lowest BCUT2D eigenvalue weighted by atomic mass is 10.2. The molecule has 1 aromatic heterocycles. The molecule has 2 aromatic carbocycles. The van der Waals surface area contributed by atoms with E-state index in [1.54, 1.807) is 36.4 Å². The third-order valence-corrected chi connectivity index (χ3v) is 4.91. The zero-order valence-electron chi connectivity index (χ0n) is 15.0. The van der Waals surface area contributed by atoms with Crippen LogP contribution in [0.25, 0.3) is 11.5 Å². The minimum Gasteiger partial charge on any atom is -0.336 e. The van der Waals surface area contributed by atoms with Gasteiger partial charge in [0.05, 0.1) is 6.54 Å². The normalized spacial score (nSPS) is 15.0. The van der Waals surface area contributed by atoms with E-state index in [-0.39, 0.29) is 11.7 Å². The van der Waals surface area contributed by atoms with Crippen molar-refractivity contribution < 1.29 is 13.7 Å². The number of aromatic nitrogens is 2. The van der Waals surface area contributed by atoms with Gasteiger partial charge in [-0.1, -0.05) is 22.8 Å². The second-order valence-corrected chi connectivity index (χ2v) is 7.04. The monoisotopic (exact) mass is 400 g/mol. The number of rotatable bonds is 4. The predicted molar refractivity (Wildman–Crippen MR) is 102 cm³/mol. The van der Waals surface area contributed by atoms with Crippen LogP contribution in [0, 0.1) is 5.82 Å². The summed E-state index contributed by atoms with van der Waals surface area (Å²) in [4.78, 5) is 20.9. The van der Waals surface area contributed by atoms with Gasteiger partial charge in [-0.25, -0.2) is 4.39 Å². The highest BCUT2D eigenvalue weighted by atomic mass is 35.5. The van der Waals surface area contributed by atoms with Crippen LogP contribution in [0.4, 0.5) is 4.39 Å². The number of piperazine rings is 1. The molecule has 0 aliphatic carbocycles. The molecular weight excluding hydrogens is 383 g/mol. The molecule has 1 aliphatic heterocycles. The smallest absolute Gasteiger partial charge is 0.258 e. The van der Waals surface area contributed by atoms with Crippen molar-refractivity contribution in [1.82, 2.24) is 19.9 Å². The summed E-state index contributed by atoms with van der Waals surface area (Å²) in [6.45, 7) is 3.18. The van der Waals surface area contributed by atoms with Gasteiger partial charge in [0, 0.05) is 42.3 Å². The number of carbonyl (C=O) groups is 1. The molecule has 0 radical (unpaired) electrons. The molecule has 8 heteroatoms. The maximum atomic E-state index is 13.3. The van der Waals surface area contributed by atoms with Gasteiger partial charge in [-0.2, -0.15) is 4.98 Å². The van der Waals surface area contributed by atoms with Gasteiger partial charge >= 0.3 is 0 Å². The van der Waals surface area contributed by atoms with Crippen LogP contribution in [-0.4, -0.2) is 52.0 Å². The Balaban J connectivity index is 1.33. The number of carbonyl (C=O) groups excluding carboxylic acids is 1. The highest BCUT2D eigenvalue weighted by Crippen LogP contribution is 2.19. The van der Waals surface area contributed by atoms with E-state index < -0.39 is 0 Å². The van der Waals surface area contributed by atoms with E-state index in [1.165, 1.54) is 12.1 Å². The van der Waals surface area contributed by atoms with Gasteiger partial charge in [0.25, 0.3) is 11.8 Å². The van der Waals surface area contributed by atoms with Crippen LogP contribution >= 0.6 is 11.6 Å². The summed E-state index contributed by atoms with van der Waals surface area (Å²) < 4.78 is 18.6. The second-order valence-electron chi connectivity index (χ2n) is 6.60. The topological polar surface area (TPSA) is 62.5 Å². The summed E-state index contributed by atoms with van der Waals surface area (Å²) in [5.41, 5.74) is 1.19. The van der Waals surface area contributed by atoms with E-state index in [4.69, 9.17) is 16.1 Å². The van der Waals surface area contributed by atoms with Crippen molar-refractivity contribution in [2.75, 3.05) is 26.2 Å². The maximum Gasteiger partial charge on any atom is 0.258 e. The van der Waals surface area contributed by atoms with Gasteiger partial charge in [-0.05, 0) is 42.5 Å². The summed E-state index contributed by atoms with van der Waals surface area (Å²) >= 11 is 5.88. The van der Waals surface area contributed by atoms with E-state index >= 15 is 0 Å². The molecule has 1 amide bonds. The first-order valence-corrected chi connectivity index (χ1v) is 9.32. The van der Waals surface area contributed by atoms with E-state index in [9.17, 15) is 9.18 Å². The van der Waals surface area contributed by atoms with Gasteiger partial charge in [0.1, 0.15) is 5.82 Å². The fourth-order valence-corrected chi connectivity index (χ4v) is 3.27. The third-order valence-electron chi connectivity index (χ3n) is 4.66. The van der Waals surface area contributed by atoms with E-state index in [0.29, 0.717) is 60.6 Å². The highest BCUT2D eigenvalue weighted by molar-refractivity contribution is 6.30. The van der Waals surface area contributed by atoms with Crippen LogP contribution in [0.2, 0.25) is 5.02 Å². The van der Waals surface area contributed by atoms with Crippen molar-refractivity contribution in [2.45, 2.75) is 6.54 Å². The first-order valence-electron chi connectivity index (χ1n) is 8.94. The van der Waals surface area contributed by atoms with E-state index in [0.717, 1.165) is 0 Å². The number of halogens is 2. The molecule has 28 heavy (non-hydrogen) atoms. The average molecular weight is 401 g/mol. The Morgan fingerprint density at radius 3 is 2.57 bits per heavy atom. The van der Waals surface area contributed by atoms with Crippen LogP contribution in [0.1, 0.15) is 16.2 Å². The second kappa shape index (κ2) is 8.08. The molecule has 0 atom stereocenters. The molecule has 3 aromatic rings. The maximum absolute atomic E-state index is 13.3. The average Bonchev–Trinajstić information content (AvgIpc) is 3.17. The molecule has 0 saturated carbocycles. The minimum absolute atomic E-state index is 0.00395. The van der Waals surface area contributed by atoms with Crippen LogP contribution in [0.5, 0.6) is 0 Å². The molecular formula is C20H18ClFN4O2. The van der Waals surface area contributed by atoms with Gasteiger partial charge < -0.3 is 9.42 Å². The lowest BCUT2D eigenvalue weighted by molar-refractivity contribution is 0.0624. The summed E-state index contributed by atoms with van der Waals surface area (Å²) in [6, 6.07) is 13.0. The lowest BCUT2D eigenvalue weighted by Gasteiger charge is -2.34. The van der Waals surface area contributed by atoms with Gasteiger partial charge in [-0.3, -0.25) is 9.69 Å². The molecule has 0 spiro atoms. The number of benzene rings is 2. The Hall–Kier alpha value is -2.77. The van der Waals surface area contributed by atoms with Crippen molar-refractivity contribution in [3.05, 3.63) is 70.8 Å². The van der Waals surface area contributed by atoms with Crippen molar-refractivity contribution in [3.8, 4) is 11.5 Å². The first kappa shape index (κ1) is 18.6. The molecule has 1 aliphatic rings. The van der Waals surface area contributed by atoms with E-state index in [2.05, 4.69) is 15.0 Å². The Morgan fingerprint density at radius 2 is 1.86 bits per heavy atom. The summed E-state index contributed by atoms with van der Waals surface area (Å²) in [5, 5.41) is 4.59. The predicted octanol–water partition coefficient (Wildman–Crippen LogP) is 3.49. The molecule has 0 N–H and O–H groups in total. The molecule has 1 saturated heterocycles. The summed E-state index contributed by atoms with van der Waals surface area (Å²) in [7, 11) is 0. The van der Waals surface area contributed by atoms with E-state index in [1.807, 2.05) is 4.90 Å². The standard InChI is InChI=1S/C20H18ClFN4O2/c21-16-6-4-14(5-7-16)20(27)26-10-8-25(9-11-26)13-18-23-19(28-24-18)15-2-1-3-17(22)12-15/h1-7,12H,8-11,13H2. The lowest BCUT2D eigenvalue weighted by Crippen LogP contribution is -2.48. The molecule has 144 valence electrons. The zero-order chi connectivity index (χ0) is 19.5. The molecule has 2 heterocycles. The molecule has 0 unspecified atom stereocenters. The van der Waals surface area contributed by atoms with Crippen LogP contribution in [0.15, 0.2) is 53.1 Å². The summed E-state index contributed by atoms with van der Waals surface area (Å²) in [5.74, 6) is 0.491. The largest absolute Gasteiger partial charge is 0.336 e. The van der Waals surface area contributed by atoms with Crippen molar-refractivity contribution in [2.24, 2.45) is 0 Å². The number of hydrogen-bond acceptors (Lipinski definition) is 5. The highest BCUT2D eigenvalue weighted by Gasteiger charge is 2.23. The quantitative estimate of drug-likeness (QED) is 0.671. The summed E-state index contributed by atoms with van der Waals surface area (Å²) in [6.07, 6.45) is 0. The van der Waals surface area contributed by atoms with Gasteiger partial charge in [0.15, 0.2) is 5.82 Å². The molecule has 6 nitrogen and oxygen atoms in total. The van der Waals surface area contributed by atoms with Crippen LogP contribution < -0.4 is 0 Å². The Morgan fingerprint density at radius 1 is 1.11 bits per heavy atom. The molecule has 0 bridgehead atoms. The Bertz CT molecular complexity index is 968. The third kappa shape index (κ3) is 4.21. The number of nitrogens with zero attached hydrogens (tertiary/aromatic N) is 4. The van der Waals surface area contributed by atoms with Crippen LogP contribution in [0.3, 0.4) is 0 Å². The van der Waals surface area contributed by atoms with Gasteiger partial charge in [0.2, 0.25) is 0 Å². The fourth-order valence-electron chi connectivity index (χ4n) is 3.14. The number of hydrogen-bond donors (Lipinski definition) is 0. The SMILES string of the molecule is O=C(c1ccc(Cl)cc1)N1CCN(Cc2noc(-c3cccc(F)c3)n2)CC1. The minimum atomic E-state index is -0.348. The van der Waals surface area contributed by atoms with Crippen molar-refractivity contribution in [3.63, 3.8) is 0 Å². The number of amides is 1. The van der Waals surface area contributed by atoms with Crippen molar-refractivity contribution >= 4 is 17.5 Å². The molecule has 1 fully saturated rings. The van der Waals surface area contributed by atoms with Crippen molar-refractivity contribution in [1.29, 1.82) is 0 Å². The zero-order valence-corrected chi connectivity index (χ0v) is 15.8. The Kier molecular flexibility index (Phi) is 5.36. The fraction of sp³-hybridized carbons (Fsp3) is 0.250. The Labute approximate surface area is 166 Å². The first-order chi connectivity index (χ1) is 13.6. The van der Waals surface area contributed by atoms with Crippen LogP contribution in [-0.2, 0) is 6.54 Å². The molecule has 4 rings (SSSR count).